The van der Waals surface area contributed by atoms with Gasteiger partial charge in [-0.3, -0.25) is 9.59 Å². The SMILES string of the molecule is Cl.NC(=O)c1ccc(N2CCCCC2)c(NC(=O)CCC2CCNC2)c1. The van der Waals surface area contributed by atoms with Crippen molar-refractivity contribution in [2.24, 2.45) is 11.7 Å². The highest BCUT2D eigenvalue weighted by molar-refractivity contribution is 5.99. The van der Waals surface area contributed by atoms with Crippen molar-refractivity contribution in [3.8, 4) is 0 Å². The van der Waals surface area contributed by atoms with Gasteiger partial charge in [-0.2, -0.15) is 0 Å². The van der Waals surface area contributed by atoms with E-state index in [2.05, 4.69) is 15.5 Å². The van der Waals surface area contributed by atoms with E-state index >= 15 is 0 Å². The van der Waals surface area contributed by atoms with Gasteiger partial charge in [0, 0.05) is 25.1 Å². The van der Waals surface area contributed by atoms with Crippen LogP contribution >= 0.6 is 12.4 Å². The van der Waals surface area contributed by atoms with E-state index < -0.39 is 5.91 Å². The van der Waals surface area contributed by atoms with Crippen molar-refractivity contribution >= 4 is 35.6 Å². The first-order valence-electron chi connectivity index (χ1n) is 9.33. The number of hydrogen-bond donors (Lipinski definition) is 3. The van der Waals surface area contributed by atoms with E-state index in [0.29, 0.717) is 23.6 Å². The molecule has 0 bridgehead atoms. The Hall–Kier alpha value is -1.79. The van der Waals surface area contributed by atoms with Crippen LogP contribution in [-0.2, 0) is 4.79 Å². The minimum atomic E-state index is -0.474. The van der Waals surface area contributed by atoms with Gasteiger partial charge in [0.05, 0.1) is 11.4 Å². The summed E-state index contributed by atoms with van der Waals surface area (Å²) in [4.78, 5) is 26.2. The fourth-order valence-electron chi connectivity index (χ4n) is 3.71. The zero-order chi connectivity index (χ0) is 17.6. The minimum absolute atomic E-state index is 0. The van der Waals surface area contributed by atoms with Gasteiger partial charge in [-0.1, -0.05) is 0 Å². The third kappa shape index (κ3) is 5.35. The number of benzene rings is 1. The van der Waals surface area contributed by atoms with Crippen molar-refractivity contribution in [1.82, 2.24) is 5.32 Å². The molecule has 144 valence electrons. The van der Waals surface area contributed by atoms with Crippen LogP contribution in [0.25, 0.3) is 0 Å². The second-order valence-electron chi connectivity index (χ2n) is 7.09. The van der Waals surface area contributed by atoms with Crippen LogP contribution < -0.4 is 21.3 Å². The average molecular weight is 381 g/mol. The number of carbonyl (C=O) groups excluding carboxylic acids is 2. The molecule has 2 heterocycles. The van der Waals surface area contributed by atoms with Gasteiger partial charge in [0.15, 0.2) is 0 Å². The highest BCUT2D eigenvalue weighted by atomic mass is 35.5. The van der Waals surface area contributed by atoms with Gasteiger partial charge in [0.1, 0.15) is 0 Å². The van der Waals surface area contributed by atoms with Crippen molar-refractivity contribution < 1.29 is 9.59 Å². The fraction of sp³-hybridized carbons (Fsp3) is 0.579. The Kier molecular flexibility index (Phi) is 7.72. The largest absolute Gasteiger partial charge is 0.370 e. The van der Waals surface area contributed by atoms with Crippen LogP contribution in [0.3, 0.4) is 0 Å². The summed E-state index contributed by atoms with van der Waals surface area (Å²) in [6.45, 7) is 4.01. The van der Waals surface area contributed by atoms with Crippen molar-refractivity contribution in [2.75, 3.05) is 36.4 Å². The summed E-state index contributed by atoms with van der Waals surface area (Å²) in [7, 11) is 0. The molecule has 1 atom stereocenters. The van der Waals surface area contributed by atoms with E-state index in [1.165, 1.54) is 6.42 Å². The van der Waals surface area contributed by atoms with E-state index in [1.807, 2.05) is 6.07 Å². The van der Waals surface area contributed by atoms with Gasteiger partial charge in [-0.05, 0) is 69.3 Å². The number of hydrogen-bond acceptors (Lipinski definition) is 4. The second-order valence-corrected chi connectivity index (χ2v) is 7.09. The molecule has 3 rings (SSSR count). The van der Waals surface area contributed by atoms with Gasteiger partial charge >= 0.3 is 0 Å². The molecule has 0 spiro atoms. The lowest BCUT2D eigenvalue weighted by Gasteiger charge is -2.30. The van der Waals surface area contributed by atoms with Crippen LogP contribution in [0.4, 0.5) is 11.4 Å². The number of primary amides is 1. The Bertz CT molecular complexity index is 626. The first kappa shape index (κ1) is 20.5. The maximum Gasteiger partial charge on any atom is 0.248 e. The molecule has 26 heavy (non-hydrogen) atoms. The first-order chi connectivity index (χ1) is 12.1. The number of piperidine rings is 1. The molecule has 7 heteroatoms. The van der Waals surface area contributed by atoms with E-state index in [0.717, 1.165) is 57.5 Å². The lowest BCUT2D eigenvalue weighted by molar-refractivity contribution is -0.116. The lowest BCUT2D eigenvalue weighted by Crippen LogP contribution is -2.30. The number of rotatable bonds is 6. The molecule has 1 aromatic rings. The third-order valence-electron chi connectivity index (χ3n) is 5.19. The van der Waals surface area contributed by atoms with Gasteiger partial charge in [-0.15, -0.1) is 12.4 Å². The molecule has 2 amide bonds. The monoisotopic (exact) mass is 380 g/mol. The molecule has 2 fully saturated rings. The van der Waals surface area contributed by atoms with E-state index in [1.54, 1.807) is 12.1 Å². The van der Waals surface area contributed by atoms with Crippen LogP contribution in [0.1, 0.15) is 48.9 Å². The number of nitrogens with zero attached hydrogens (tertiary/aromatic N) is 1. The molecule has 4 N–H and O–H groups in total. The summed E-state index contributed by atoms with van der Waals surface area (Å²) >= 11 is 0. The standard InChI is InChI=1S/C19H28N4O2.ClH/c20-19(25)15-5-6-17(23-10-2-1-3-11-23)16(12-15)22-18(24)7-4-14-8-9-21-13-14;/h5-6,12,14,21H,1-4,7-11,13H2,(H2,20,25)(H,22,24);1H. The Morgan fingerprint density at radius 3 is 2.65 bits per heavy atom. The maximum atomic E-state index is 12.4. The first-order valence-corrected chi connectivity index (χ1v) is 9.33. The predicted molar refractivity (Wildman–Crippen MR) is 107 cm³/mol. The number of halogens is 1. The molecule has 0 aromatic heterocycles. The Morgan fingerprint density at radius 1 is 1.23 bits per heavy atom. The molecule has 0 aliphatic carbocycles. The number of carbonyl (C=O) groups is 2. The fourth-order valence-corrected chi connectivity index (χ4v) is 3.71. The van der Waals surface area contributed by atoms with Crippen LogP contribution in [0.2, 0.25) is 0 Å². The molecule has 1 unspecified atom stereocenters. The smallest absolute Gasteiger partial charge is 0.248 e. The molecule has 2 saturated heterocycles. The summed E-state index contributed by atoms with van der Waals surface area (Å²) in [5.41, 5.74) is 7.53. The Morgan fingerprint density at radius 2 is 2.00 bits per heavy atom. The molecule has 1 aromatic carbocycles. The Balaban J connectivity index is 0.00000243. The van der Waals surface area contributed by atoms with Crippen LogP contribution in [-0.4, -0.2) is 38.0 Å². The van der Waals surface area contributed by atoms with Crippen molar-refractivity contribution in [3.05, 3.63) is 23.8 Å². The third-order valence-corrected chi connectivity index (χ3v) is 5.19. The highest BCUT2D eigenvalue weighted by Gasteiger charge is 2.19. The predicted octanol–water partition coefficient (Wildman–Crippen LogP) is 2.53. The van der Waals surface area contributed by atoms with Crippen LogP contribution in [0.15, 0.2) is 18.2 Å². The van der Waals surface area contributed by atoms with E-state index in [4.69, 9.17) is 5.73 Å². The molecule has 6 nitrogen and oxygen atoms in total. The second kappa shape index (κ2) is 9.78. The zero-order valence-electron chi connectivity index (χ0n) is 15.1. The highest BCUT2D eigenvalue weighted by Crippen LogP contribution is 2.30. The summed E-state index contributed by atoms with van der Waals surface area (Å²) in [5.74, 6) is 0.119. The molecular formula is C19H29ClN4O2. The molecule has 2 aliphatic rings. The number of nitrogens with two attached hydrogens (primary N) is 1. The number of amides is 2. The number of nitrogens with one attached hydrogen (secondary N) is 2. The van der Waals surface area contributed by atoms with Crippen LogP contribution in [0.5, 0.6) is 0 Å². The van der Waals surface area contributed by atoms with Gasteiger partial charge in [0.2, 0.25) is 11.8 Å². The van der Waals surface area contributed by atoms with Crippen molar-refractivity contribution in [1.29, 1.82) is 0 Å². The molecule has 0 saturated carbocycles. The molecular weight excluding hydrogens is 352 g/mol. The normalized spacial score (nSPS) is 19.7. The zero-order valence-corrected chi connectivity index (χ0v) is 15.9. The summed E-state index contributed by atoms with van der Waals surface area (Å²) in [6.07, 6.45) is 6.09. The number of anilines is 2. The average Bonchev–Trinajstić information content (AvgIpc) is 3.14. The summed E-state index contributed by atoms with van der Waals surface area (Å²) < 4.78 is 0. The quantitative estimate of drug-likeness (QED) is 0.707. The van der Waals surface area contributed by atoms with E-state index in [9.17, 15) is 9.59 Å². The lowest BCUT2D eigenvalue weighted by atomic mass is 10.0. The van der Waals surface area contributed by atoms with Crippen molar-refractivity contribution in [3.63, 3.8) is 0 Å². The summed E-state index contributed by atoms with van der Waals surface area (Å²) in [5, 5.41) is 6.35. The molecule has 0 radical (unpaired) electrons. The van der Waals surface area contributed by atoms with Gasteiger partial charge < -0.3 is 21.3 Å². The Labute approximate surface area is 161 Å². The summed E-state index contributed by atoms with van der Waals surface area (Å²) in [6, 6.07) is 5.36. The minimum Gasteiger partial charge on any atom is -0.370 e. The maximum absolute atomic E-state index is 12.4. The topological polar surface area (TPSA) is 87.5 Å². The van der Waals surface area contributed by atoms with Gasteiger partial charge in [0.25, 0.3) is 0 Å². The molecule has 2 aliphatic heterocycles. The van der Waals surface area contributed by atoms with Crippen LogP contribution in [0, 0.1) is 5.92 Å². The van der Waals surface area contributed by atoms with Crippen molar-refractivity contribution in [2.45, 2.75) is 38.5 Å². The van der Waals surface area contributed by atoms with Gasteiger partial charge in [-0.25, -0.2) is 0 Å². The van der Waals surface area contributed by atoms with E-state index in [-0.39, 0.29) is 18.3 Å².